The zero-order chi connectivity index (χ0) is 13.3. The Labute approximate surface area is 102 Å². The molecule has 0 atom stereocenters. The van der Waals surface area contributed by atoms with Gasteiger partial charge in [-0.3, -0.25) is 4.79 Å². The summed E-state index contributed by atoms with van der Waals surface area (Å²) in [6.07, 6.45) is 0.375. The van der Waals surface area contributed by atoms with Crippen molar-refractivity contribution >= 4 is 6.29 Å². The van der Waals surface area contributed by atoms with Gasteiger partial charge in [0, 0.05) is 11.1 Å². The average molecular weight is 250 g/mol. The van der Waals surface area contributed by atoms with Crippen LogP contribution in [-0.4, -0.2) is 6.29 Å². The van der Waals surface area contributed by atoms with E-state index in [4.69, 9.17) is 0 Å². The van der Waals surface area contributed by atoms with Crippen molar-refractivity contribution in [3.05, 3.63) is 58.9 Å². The second-order valence-corrected chi connectivity index (χ2v) is 3.91. The van der Waals surface area contributed by atoms with Gasteiger partial charge < -0.3 is 0 Å². The summed E-state index contributed by atoms with van der Waals surface area (Å²) in [5.74, 6) is -2.79. The van der Waals surface area contributed by atoms with E-state index in [1.165, 1.54) is 6.07 Å². The van der Waals surface area contributed by atoms with Crippen LogP contribution in [0.1, 0.15) is 15.9 Å². The zero-order valence-corrected chi connectivity index (χ0v) is 9.51. The Balaban J connectivity index is 2.74. The molecule has 92 valence electrons. The van der Waals surface area contributed by atoms with Crippen molar-refractivity contribution < 1.29 is 18.0 Å². The van der Waals surface area contributed by atoms with Gasteiger partial charge in [0.2, 0.25) is 0 Å². The fourth-order valence-electron chi connectivity index (χ4n) is 1.75. The van der Waals surface area contributed by atoms with E-state index in [1.807, 2.05) is 0 Å². The van der Waals surface area contributed by atoms with Gasteiger partial charge in [0.15, 0.2) is 17.9 Å². The van der Waals surface area contributed by atoms with Crippen LogP contribution in [0, 0.1) is 24.4 Å². The Morgan fingerprint density at radius 1 is 1.00 bits per heavy atom. The predicted octanol–water partition coefficient (Wildman–Crippen LogP) is 3.89. The molecule has 18 heavy (non-hydrogen) atoms. The average Bonchev–Trinajstić information content (AvgIpc) is 2.36. The Morgan fingerprint density at radius 3 is 2.33 bits per heavy atom. The van der Waals surface area contributed by atoms with Crippen LogP contribution >= 0.6 is 0 Å². The lowest BCUT2D eigenvalue weighted by Gasteiger charge is -2.09. The van der Waals surface area contributed by atoms with Crippen LogP contribution in [0.2, 0.25) is 0 Å². The van der Waals surface area contributed by atoms with Gasteiger partial charge in [-0.2, -0.15) is 0 Å². The molecule has 0 aliphatic heterocycles. The Bertz CT molecular complexity index is 621. The lowest BCUT2D eigenvalue weighted by atomic mass is 9.98. The summed E-state index contributed by atoms with van der Waals surface area (Å²) in [5, 5.41) is 0. The Morgan fingerprint density at radius 2 is 1.67 bits per heavy atom. The van der Waals surface area contributed by atoms with Gasteiger partial charge >= 0.3 is 0 Å². The van der Waals surface area contributed by atoms with Crippen molar-refractivity contribution in [2.75, 3.05) is 0 Å². The number of benzene rings is 2. The Hall–Kier alpha value is -2.10. The van der Waals surface area contributed by atoms with E-state index in [0.717, 1.165) is 12.1 Å². The molecule has 0 bridgehead atoms. The summed E-state index contributed by atoms with van der Waals surface area (Å²) in [6.45, 7) is 1.55. The third-order valence-electron chi connectivity index (χ3n) is 2.70. The lowest BCUT2D eigenvalue weighted by Crippen LogP contribution is -1.96. The minimum atomic E-state index is -1.13. The monoisotopic (exact) mass is 250 g/mol. The highest BCUT2D eigenvalue weighted by molar-refractivity contribution is 5.87. The van der Waals surface area contributed by atoms with Crippen LogP contribution in [0.3, 0.4) is 0 Å². The van der Waals surface area contributed by atoms with Crippen molar-refractivity contribution in [1.82, 2.24) is 0 Å². The maximum absolute atomic E-state index is 13.9. The number of carbonyl (C=O) groups is 1. The second kappa shape index (κ2) is 4.64. The van der Waals surface area contributed by atoms with Crippen LogP contribution in [0.25, 0.3) is 11.1 Å². The van der Waals surface area contributed by atoms with Crippen molar-refractivity contribution in [2.45, 2.75) is 6.92 Å². The lowest BCUT2D eigenvalue weighted by molar-refractivity contribution is 0.112. The predicted molar refractivity (Wildman–Crippen MR) is 61.9 cm³/mol. The minimum absolute atomic E-state index is 0.0464. The molecular weight excluding hydrogens is 241 g/mol. The van der Waals surface area contributed by atoms with Crippen molar-refractivity contribution in [3.8, 4) is 11.1 Å². The van der Waals surface area contributed by atoms with Gasteiger partial charge in [0.1, 0.15) is 5.82 Å². The first kappa shape index (κ1) is 12.4. The van der Waals surface area contributed by atoms with E-state index >= 15 is 0 Å². The maximum atomic E-state index is 13.9. The van der Waals surface area contributed by atoms with Gasteiger partial charge in [0.25, 0.3) is 0 Å². The SMILES string of the molecule is Cc1cccc(-c2cc(F)c(F)cc2C=O)c1F. The number of aldehydes is 1. The first-order chi connectivity index (χ1) is 8.54. The molecule has 4 heteroatoms. The van der Waals surface area contributed by atoms with Gasteiger partial charge in [-0.1, -0.05) is 18.2 Å². The topological polar surface area (TPSA) is 17.1 Å². The van der Waals surface area contributed by atoms with E-state index in [2.05, 4.69) is 0 Å². The molecule has 1 nitrogen and oxygen atoms in total. The van der Waals surface area contributed by atoms with E-state index in [1.54, 1.807) is 19.1 Å². The third-order valence-corrected chi connectivity index (χ3v) is 2.70. The molecule has 2 aromatic rings. The third kappa shape index (κ3) is 2.01. The molecule has 2 aromatic carbocycles. The van der Waals surface area contributed by atoms with Crippen LogP contribution in [0.4, 0.5) is 13.2 Å². The normalized spacial score (nSPS) is 10.4. The maximum Gasteiger partial charge on any atom is 0.159 e. The van der Waals surface area contributed by atoms with E-state index in [-0.39, 0.29) is 16.7 Å². The molecule has 0 aromatic heterocycles. The minimum Gasteiger partial charge on any atom is -0.298 e. The molecule has 0 saturated carbocycles. The molecule has 0 heterocycles. The highest BCUT2D eigenvalue weighted by Gasteiger charge is 2.14. The van der Waals surface area contributed by atoms with Crippen molar-refractivity contribution in [1.29, 1.82) is 0 Å². The summed E-state index contributed by atoms with van der Waals surface area (Å²) < 4.78 is 40.1. The van der Waals surface area contributed by atoms with Gasteiger partial charge in [-0.15, -0.1) is 0 Å². The number of rotatable bonds is 2. The second-order valence-electron chi connectivity index (χ2n) is 3.91. The molecule has 0 spiro atoms. The van der Waals surface area contributed by atoms with E-state index < -0.39 is 17.5 Å². The molecule has 0 saturated heterocycles. The van der Waals surface area contributed by atoms with E-state index in [9.17, 15) is 18.0 Å². The fourth-order valence-corrected chi connectivity index (χ4v) is 1.75. The van der Waals surface area contributed by atoms with Gasteiger partial charge in [-0.05, 0) is 30.2 Å². The highest BCUT2D eigenvalue weighted by Crippen LogP contribution is 2.28. The van der Waals surface area contributed by atoms with E-state index in [0.29, 0.717) is 11.8 Å². The van der Waals surface area contributed by atoms with Crippen molar-refractivity contribution in [2.24, 2.45) is 0 Å². The first-order valence-electron chi connectivity index (χ1n) is 5.24. The summed E-state index contributed by atoms with van der Waals surface area (Å²) in [7, 11) is 0. The fraction of sp³-hybridized carbons (Fsp3) is 0.0714. The van der Waals surface area contributed by atoms with Crippen LogP contribution in [-0.2, 0) is 0 Å². The Kier molecular flexibility index (Phi) is 3.19. The first-order valence-corrected chi connectivity index (χ1v) is 5.24. The molecule has 0 amide bonds. The molecule has 0 fully saturated rings. The highest BCUT2D eigenvalue weighted by atomic mass is 19.2. The summed E-state index contributed by atoms with van der Waals surface area (Å²) in [4.78, 5) is 10.8. The number of hydrogen-bond acceptors (Lipinski definition) is 1. The van der Waals surface area contributed by atoms with Crippen LogP contribution in [0.5, 0.6) is 0 Å². The molecule has 2 rings (SSSR count). The zero-order valence-electron chi connectivity index (χ0n) is 9.51. The molecule has 0 N–H and O–H groups in total. The van der Waals surface area contributed by atoms with Gasteiger partial charge in [-0.25, -0.2) is 13.2 Å². The largest absolute Gasteiger partial charge is 0.298 e. The summed E-state index contributed by atoms with van der Waals surface area (Å²) in [6, 6.07) is 6.15. The summed E-state index contributed by atoms with van der Waals surface area (Å²) >= 11 is 0. The molecule has 0 aliphatic carbocycles. The van der Waals surface area contributed by atoms with Crippen LogP contribution < -0.4 is 0 Å². The number of carbonyl (C=O) groups excluding carboxylic acids is 1. The molecule has 0 aliphatic rings. The summed E-state index contributed by atoms with van der Waals surface area (Å²) in [5.41, 5.74) is 0.411. The molecular formula is C14H9F3O. The quantitative estimate of drug-likeness (QED) is 0.739. The number of hydrogen-bond donors (Lipinski definition) is 0. The van der Waals surface area contributed by atoms with Gasteiger partial charge in [0.05, 0.1) is 0 Å². The molecule has 0 radical (unpaired) electrons. The van der Waals surface area contributed by atoms with Crippen molar-refractivity contribution in [3.63, 3.8) is 0 Å². The van der Waals surface area contributed by atoms with Crippen LogP contribution in [0.15, 0.2) is 30.3 Å². The smallest absolute Gasteiger partial charge is 0.159 e. The number of halogens is 3. The molecule has 0 unspecified atom stereocenters. The standard InChI is InChI=1S/C14H9F3O/c1-8-3-2-4-10(14(8)17)11-6-13(16)12(15)5-9(11)7-18/h2-7H,1H3. The number of aryl methyl sites for hydroxylation is 1.